The van der Waals surface area contributed by atoms with Crippen LogP contribution in [-0.2, 0) is 30.3 Å². The summed E-state index contributed by atoms with van der Waals surface area (Å²) in [5.74, 6) is -2.37. The molecular formula is C36H64N10O7. The van der Waals surface area contributed by atoms with Crippen LogP contribution >= 0.6 is 0 Å². The molecule has 0 radical (unpaired) electrons. The average Bonchev–Trinajstić information content (AvgIpc) is 3.54. The predicted molar refractivity (Wildman–Crippen MR) is 204 cm³/mol. The number of hydrogen-bond acceptors (Lipinski definition) is 12. The van der Waals surface area contributed by atoms with E-state index in [1.807, 2.05) is 52.2 Å². The third-order valence-electron chi connectivity index (χ3n) is 9.01. The van der Waals surface area contributed by atoms with Crippen LogP contribution in [0.25, 0.3) is 10.9 Å². The van der Waals surface area contributed by atoms with Gasteiger partial charge in [-0.3, -0.25) is 34.7 Å². The number of benzene rings is 1. The number of aliphatic hydroxyl groups excluding tert-OH is 2. The Balaban J connectivity index is 1.95. The SMILES string of the molecule is CCC(C)[C@H](NC(=O)[C@H](Cc1c[nH]c2ccccc12)NC(C)=O)C(=O)N[C@@H](CCC(N)=O)[C@H](O)NCCOCCN[C@@H](O)CN(CCNC)CCNC. The number of nitrogens with one attached hydrogen (secondary N) is 8. The molecule has 0 saturated carbocycles. The van der Waals surface area contributed by atoms with Gasteiger partial charge in [-0.05, 0) is 38.1 Å². The molecule has 1 unspecified atom stereocenters. The lowest BCUT2D eigenvalue weighted by Gasteiger charge is -2.30. The van der Waals surface area contributed by atoms with E-state index in [0.717, 1.165) is 42.6 Å². The maximum Gasteiger partial charge on any atom is 0.243 e. The molecule has 53 heavy (non-hydrogen) atoms. The van der Waals surface area contributed by atoms with Gasteiger partial charge in [0.25, 0.3) is 0 Å². The predicted octanol–water partition coefficient (Wildman–Crippen LogP) is -1.93. The highest BCUT2D eigenvalue weighted by Crippen LogP contribution is 2.19. The number of hydrogen-bond donors (Lipinski definition) is 11. The number of primary amides is 1. The number of carbonyl (C=O) groups excluding carboxylic acids is 4. The second-order valence-electron chi connectivity index (χ2n) is 13.3. The molecule has 0 aliphatic carbocycles. The van der Waals surface area contributed by atoms with Crippen molar-refractivity contribution in [2.45, 2.75) is 77.0 Å². The van der Waals surface area contributed by atoms with Crippen LogP contribution in [0.1, 0.15) is 45.6 Å². The van der Waals surface area contributed by atoms with Gasteiger partial charge in [0.05, 0.1) is 19.3 Å². The minimum absolute atomic E-state index is 0.0494. The zero-order valence-corrected chi connectivity index (χ0v) is 32.0. The molecule has 0 fully saturated rings. The number of ether oxygens (including phenoxy) is 1. The van der Waals surface area contributed by atoms with E-state index in [4.69, 9.17) is 10.5 Å². The van der Waals surface area contributed by atoms with Crippen LogP contribution < -0.4 is 43.0 Å². The quantitative estimate of drug-likeness (QED) is 0.0322. The van der Waals surface area contributed by atoms with Crippen molar-refractivity contribution in [2.75, 3.05) is 73.1 Å². The number of H-pyrrole nitrogens is 1. The zero-order valence-electron chi connectivity index (χ0n) is 32.0. The van der Waals surface area contributed by atoms with Gasteiger partial charge in [-0.2, -0.15) is 0 Å². The van der Waals surface area contributed by atoms with Crippen LogP contribution in [0.3, 0.4) is 0 Å². The molecule has 1 aromatic carbocycles. The number of carbonyl (C=O) groups is 4. The second-order valence-corrected chi connectivity index (χ2v) is 13.3. The molecule has 2 rings (SSSR count). The van der Waals surface area contributed by atoms with Crippen molar-refractivity contribution in [2.24, 2.45) is 11.7 Å². The van der Waals surface area contributed by atoms with E-state index < -0.39 is 54.2 Å². The molecule has 17 nitrogen and oxygen atoms in total. The standard InChI is InChI=1S/C36H64N10O7/c1-6-24(2)33(45-35(51)30(43-25(3)47)21-26-22-42-28-10-8-7-9-27(26)28)36(52)44-29(11-12-31(37)48)34(50)41-16-20-53-19-15-40-32(49)23-46(17-13-38-4)18-14-39-5/h7-10,22,24,29-30,32-34,38-42,49-50H,6,11-21,23H2,1-5H3,(H2,37,48)(H,43,47)(H,44,52)(H,45,51)/t24?,29-,30-,32-,33-,34-/m0/s1. The Morgan fingerprint density at radius 3 is 2.21 bits per heavy atom. The summed E-state index contributed by atoms with van der Waals surface area (Å²) in [4.78, 5) is 56.4. The molecule has 300 valence electrons. The summed E-state index contributed by atoms with van der Waals surface area (Å²) in [5, 5.41) is 42.8. The van der Waals surface area contributed by atoms with Crippen molar-refractivity contribution in [3.63, 3.8) is 0 Å². The molecule has 4 amide bonds. The van der Waals surface area contributed by atoms with E-state index >= 15 is 0 Å². The van der Waals surface area contributed by atoms with Crippen molar-refractivity contribution < 1.29 is 34.1 Å². The number of para-hydroxylation sites is 1. The first-order valence-corrected chi connectivity index (χ1v) is 18.5. The number of aromatic nitrogens is 1. The Hall–Kier alpha value is -3.68. The summed E-state index contributed by atoms with van der Waals surface area (Å²) in [6, 6.07) is 4.76. The Morgan fingerprint density at radius 1 is 0.925 bits per heavy atom. The van der Waals surface area contributed by atoms with E-state index in [1.165, 1.54) is 6.92 Å². The molecular weight excluding hydrogens is 684 g/mol. The number of likely N-dealkylation sites (N-methyl/N-ethyl adjacent to an activating group) is 2. The summed E-state index contributed by atoms with van der Waals surface area (Å²) >= 11 is 0. The average molecular weight is 749 g/mol. The molecule has 0 aliphatic heterocycles. The largest absolute Gasteiger partial charge is 0.379 e. The van der Waals surface area contributed by atoms with E-state index in [2.05, 4.69) is 47.1 Å². The molecule has 0 saturated heterocycles. The first kappa shape index (κ1) is 45.5. The lowest BCUT2D eigenvalue weighted by molar-refractivity contribution is -0.133. The Kier molecular flexibility index (Phi) is 21.8. The summed E-state index contributed by atoms with van der Waals surface area (Å²) in [6.07, 6.45) is 0.516. The number of aromatic amines is 1. The fourth-order valence-electron chi connectivity index (χ4n) is 5.77. The highest BCUT2D eigenvalue weighted by Gasteiger charge is 2.32. The monoisotopic (exact) mass is 748 g/mol. The van der Waals surface area contributed by atoms with E-state index in [9.17, 15) is 29.4 Å². The molecule has 6 atom stereocenters. The van der Waals surface area contributed by atoms with Crippen LogP contribution in [0.4, 0.5) is 0 Å². The smallest absolute Gasteiger partial charge is 0.243 e. The summed E-state index contributed by atoms with van der Waals surface area (Å²) in [5.41, 5.74) is 7.12. The molecule has 12 N–H and O–H groups in total. The topological polar surface area (TPSA) is 247 Å². The van der Waals surface area contributed by atoms with E-state index in [0.29, 0.717) is 26.1 Å². The Bertz CT molecular complexity index is 1370. The van der Waals surface area contributed by atoms with Crippen molar-refractivity contribution in [1.29, 1.82) is 0 Å². The number of fused-ring (bicyclic) bond motifs is 1. The third kappa shape index (κ3) is 17.3. The molecule has 17 heteroatoms. The van der Waals surface area contributed by atoms with Gasteiger partial charge in [-0.1, -0.05) is 38.5 Å². The van der Waals surface area contributed by atoms with Crippen molar-refractivity contribution in [3.8, 4) is 0 Å². The molecule has 0 bridgehead atoms. The molecule has 0 spiro atoms. The molecule has 1 heterocycles. The first-order valence-electron chi connectivity index (χ1n) is 18.5. The summed E-state index contributed by atoms with van der Waals surface area (Å²) in [7, 11) is 3.78. The molecule has 0 aliphatic rings. The Morgan fingerprint density at radius 2 is 1.58 bits per heavy atom. The van der Waals surface area contributed by atoms with E-state index in [1.54, 1.807) is 6.20 Å². The maximum absolute atomic E-state index is 13.7. The molecule has 2 aromatic rings. The molecule has 1 aromatic heterocycles. The third-order valence-corrected chi connectivity index (χ3v) is 9.01. The lowest BCUT2D eigenvalue weighted by Crippen LogP contribution is -2.59. The highest BCUT2D eigenvalue weighted by atomic mass is 16.5. The summed E-state index contributed by atoms with van der Waals surface area (Å²) < 4.78 is 5.65. The van der Waals surface area contributed by atoms with Crippen LogP contribution in [0.2, 0.25) is 0 Å². The van der Waals surface area contributed by atoms with Gasteiger partial charge in [-0.15, -0.1) is 0 Å². The van der Waals surface area contributed by atoms with Gasteiger partial charge in [0.1, 0.15) is 24.5 Å². The van der Waals surface area contributed by atoms with Gasteiger partial charge in [-0.25, -0.2) is 0 Å². The van der Waals surface area contributed by atoms with Crippen molar-refractivity contribution >= 4 is 34.5 Å². The van der Waals surface area contributed by atoms with Crippen LogP contribution in [0.15, 0.2) is 30.5 Å². The lowest BCUT2D eigenvalue weighted by atomic mass is 9.96. The summed E-state index contributed by atoms with van der Waals surface area (Å²) in [6.45, 7) is 9.94. The fourth-order valence-corrected chi connectivity index (χ4v) is 5.77. The van der Waals surface area contributed by atoms with Gasteiger partial charge in [0.2, 0.25) is 23.6 Å². The highest BCUT2D eigenvalue weighted by molar-refractivity contribution is 5.93. The second kappa shape index (κ2) is 25.4. The normalized spacial score (nSPS) is 15.0. The van der Waals surface area contributed by atoms with Gasteiger partial charge in [0.15, 0.2) is 0 Å². The number of rotatable bonds is 29. The minimum atomic E-state index is -1.26. The number of amides is 4. The Labute approximate surface area is 313 Å². The number of nitrogens with zero attached hydrogens (tertiary/aromatic N) is 1. The number of aliphatic hydroxyl groups is 2. The van der Waals surface area contributed by atoms with Crippen molar-refractivity contribution in [3.05, 3.63) is 36.0 Å². The van der Waals surface area contributed by atoms with Gasteiger partial charge in [0, 0.05) is 82.7 Å². The van der Waals surface area contributed by atoms with E-state index in [-0.39, 0.29) is 38.3 Å². The van der Waals surface area contributed by atoms with Crippen LogP contribution in [-0.4, -0.2) is 147 Å². The minimum Gasteiger partial charge on any atom is -0.379 e. The maximum atomic E-state index is 13.7. The number of nitrogens with two attached hydrogens (primary N) is 1. The van der Waals surface area contributed by atoms with Crippen LogP contribution in [0, 0.1) is 5.92 Å². The van der Waals surface area contributed by atoms with Crippen molar-refractivity contribution in [1.82, 2.24) is 47.1 Å². The van der Waals surface area contributed by atoms with Crippen LogP contribution in [0.5, 0.6) is 0 Å². The van der Waals surface area contributed by atoms with Gasteiger partial charge >= 0.3 is 0 Å². The first-order chi connectivity index (χ1) is 25.4. The zero-order chi connectivity index (χ0) is 39.2. The fraction of sp³-hybridized carbons (Fsp3) is 0.667. The van der Waals surface area contributed by atoms with Gasteiger partial charge < -0.3 is 52.3 Å².